The van der Waals surface area contributed by atoms with Gasteiger partial charge in [-0.05, 0) is 0 Å². The molecule has 0 saturated carbocycles. The first-order valence-electron chi connectivity index (χ1n) is 10.2. The Morgan fingerprint density at radius 2 is 0.933 bits per heavy atom. The summed E-state index contributed by atoms with van der Waals surface area (Å²) in [4.78, 5) is 1.32. The average molecular weight is 493 g/mol. The third kappa shape index (κ3) is 4.02. The summed E-state index contributed by atoms with van der Waals surface area (Å²) in [5.74, 6) is 0. The summed E-state index contributed by atoms with van der Waals surface area (Å²) < 4.78 is 0. The molecule has 1 atom stereocenters. The molecule has 0 aliphatic rings. The van der Waals surface area contributed by atoms with Gasteiger partial charge in [0.15, 0.2) is 0 Å². The van der Waals surface area contributed by atoms with Gasteiger partial charge in [0.25, 0.3) is 0 Å². The minimum absolute atomic E-state index is 0.421. The molecule has 0 bridgehead atoms. The molecule has 0 aliphatic heterocycles. The summed E-state index contributed by atoms with van der Waals surface area (Å²) in [7, 11) is 0. The predicted octanol–water partition coefficient (Wildman–Crippen LogP) is 7.01. The van der Waals surface area contributed by atoms with Gasteiger partial charge in [0.05, 0.1) is 0 Å². The second-order valence-corrected chi connectivity index (χ2v) is 18.1. The van der Waals surface area contributed by atoms with Crippen molar-refractivity contribution in [2.75, 3.05) is 6.16 Å². The number of hydrogen-bond acceptors (Lipinski definition) is 1. The van der Waals surface area contributed by atoms with E-state index >= 15 is 0 Å². The van der Waals surface area contributed by atoms with Crippen LogP contribution in [0.1, 0.15) is 6.92 Å². The van der Waals surface area contributed by atoms with E-state index in [1.54, 1.807) is 0 Å². The zero-order chi connectivity index (χ0) is 20.9. The molecule has 4 aromatic rings. The summed E-state index contributed by atoms with van der Waals surface area (Å²) >= 11 is 6.50. The van der Waals surface area contributed by atoms with Gasteiger partial charge in [-0.2, -0.15) is 0 Å². The van der Waals surface area contributed by atoms with Gasteiger partial charge in [-0.3, -0.25) is 0 Å². The van der Waals surface area contributed by atoms with Crippen molar-refractivity contribution in [1.82, 2.24) is 0 Å². The molecule has 0 aliphatic carbocycles. The van der Waals surface area contributed by atoms with Gasteiger partial charge < -0.3 is 0 Å². The van der Waals surface area contributed by atoms with E-state index in [1.807, 2.05) is 11.8 Å². The van der Waals surface area contributed by atoms with Gasteiger partial charge in [-0.15, -0.1) is 0 Å². The van der Waals surface area contributed by atoms with E-state index in [9.17, 15) is 0 Å². The van der Waals surface area contributed by atoms with Crippen LogP contribution >= 0.6 is 32.6 Å². The Labute approximate surface area is 192 Å². The molecule has 0 radical (unpaired) electrons. The van der Waals surface area contributed by atoms with Crippen molar-refractivity contribution in [2.45, 2.75) is 17.1 Å². The van der Waals surface area contributed by atoms with E-state index in [1.165, 1.54) is 20.8 Å². The first-order valence-corrected chi connectivity index (χ1v) is 15.5. The summed E-state index contributed by atoms with van der Waals surface area (Å²) in [5, 5.41) is 1.68. The van der Waals surface area contributed by atoms with E-state index in [2.05, 4.69) is 144 Å². The van der Waals surface area contributed by atoms with E-state index in [4.69, 9.17) is 0 Å². The number of rotatable bonds is 7. The molecule has 0 heterocycles. The SMILES string of the molecule is CC(CP(Br)(c1ccccc1)(c1ccccc1)c1ccccc1)Sc1ccccc1. The van der Waals surface area contributed by atoms with Crippen LogP contribution < -0.4 is 15.9 Å². The quantitative estimate of drug-likeness (QED) is 0.197. The maximum atomic E-state index is 4.55. The summed E-state index contributed by atoms with van der Waals surface area (Å²) in [6, 6.07) is 43.8. The third-order valence-corrected chi connectivity index (χ3v) is 16.8. The number of thioether (sulfide) groups is 1. The zero-order valence-corrected chi connectivity index (χ0v) is 20.4. The molecule has 0 nitrogen and oxygen atoms in total. The van der Waals surface area contributed by atoms with Gasteiger partial charge in [0.1, 0.15) is 0 Å². The molecule has 0 aromatic heterocycles. The molecular weight excluding hydrogens is 467 g/mol. The summed E-state index contributed by atoms with van der Waals surface area (Å²) in [5.41, 5.74) is 0. The fourth-order valence-electron chi connectivity index (χ4n) is 4.23. The van der Waals surface area contributed by atoms with E-state index in [0.717, 1.165) is 6.16 Å². The molecule has 1 unspecified atom stereocenters. The molecule has 0 spiro atoms. The van der Waals surface area contributed by atoms with Gasteiger partial charge in [-0.1, -0.05) is 0 Å². The first kappa shape index (κ1) is 21.4. The third-order valence-electron chi connectivity index (χ3n) is 5.56. The fourth-order valence-corrected chi connectivity index (χ4v) is 15.1. The molecule has 3 heteroatoms. The Balaban J connectivity index is 1.92. The standard InChI is InChI=1S/C27H26BrPS/c1-23(30-27-20-12-5-13-21-27)22-29(28,24-14-6-2-7-15-24,25-16-8-3-9-17-25)26-18-10-4-11-19-26/h2-21,23H,22H2,1H3. The fraction of sp³-hybridized carbons (Fsp3) is 0.111. The molecule has 0 saturated heterocycles. The van der Waals surface area contributed by atoms with E-state index in [-0.39, 0.29) is 0 Å². The van der Waals surface area contributed by atoms with Crippen molar-refractivity contribution >= 4 is 48.5 Å². The van der Waals surface area contributed by atoms with Crippen LogP contribution in [0.5, 0.6) is 0 Å². The van der Waals surface area contributed by atoms with Crippen LogP contribution in [0.25, 0.3) is 0 Å². The van der Waals surface area contributed by atoms with Crippen LogP contribution in [0.3, 0.4) is 0 Å². The minimum atomic E-state index is -2.87. The second kappa shape index (κ2) is 9.10. The number of benzene rings is 4. The Morgan fingerprint density at radius 1 is 0.600 bits per heavy atom. The Kier molecular flexibility index (Phi) is 6.48. The van der Waals surface area contributed by atoms with E-state index < -0.39 is 5.31 Å². The average Bonchev–Trinajstić information content (AvgIpc) is 2.81. The van der Waals surface area contributed by atoms with Crippen molar-refractivity contribution in [3.63, 3.8) is 0 Å². The Morgan fingerprint density at radius 3 is 1.30 bits per heavy atom. The summed E-state index contributed by atoms with van der Waals surface area (Å²) in [6.07, 6.45) is 1.03. The van der Waals surface area contributed by atoms with Crippen molar-refractivity contribution in [3.05, 3.63) is 121 Å². The predicted molar refractivity (Wildman–Crippen MR) is 141 cm³/mol. The molecule has 0 amide bonds. The molecule has 4 rings (SSSR count). The Bertz CT molecular complexity index is 969. The normalized spacial score (nSPS) is 13.9. The van der Waals surface area contributed by atoms with Crippen LogP contribution in [0.2, 0.25) is 0 Å². The number of hydrogen-bond donors (Lipinski definition) is 0. The second-order valence-electron chi connectivity index (χ2n) is 7.61. The van der Waals surface area contributed by atoms with Gasteiger partial charge >= 0.3 is 193 Å². The molecule has 0 fully saturated rings. The molecule has 30 heavy (non-hydrogen) atoms. The monoisotopic (exact) mass is 492 g/mol. The van der Waals surface area contributed by atoms with Crippen molar-refractivity contribution < 1.29 is 0 Å². The van der Waals surface area contributed by atoms with Crippen LogP contribution in [0.15, 0.2) is 126 Å². The van der Waals surface area contributed by atoms with Crippen LogP contribution in [0.4, 0.5) is 0 Å². The zero-order valence-electron chi connectivity index (χ0n) is 17.1. The maximum absolute atomic E-state index is 4.55. The van der Waals surface area contributed by atoms with Gasteiger partial charge in [0, 0.05) is 0 Å². The van der Waals surface area contributed by atoms with Crippen molar-refractivity contribution in [3.8, 4) is 0 Å². The van der Waals surface area contributed by atoms with Crippen molar-refractivity contribution in [1.29, 1.82) is 0 Å². The molecular formula is C27H26BrPS. The van der Waals surface area contributed by atoms with Crippen LogP contribution in [0, 0.1) is 0 Å². The van der Waals surface area contributed by atoms with Crippen LogP contribution in [-0.4, -0.2) is 11.4 Å². The summed E-state index contributed by atoms with van der Waals surface area (Å²) in [6.45, 7) is 2.36. The molecule has 4 aromatic carbocycles. The topological polar surface area (TPSA) is 0 Å². The van der Waals surface area contributed by atoms with E-state index in [0.29, 0.717) is 5.25 Å². The number of halogens is 1. The van der Waals surface area contributed by atoms with Crippen LogP contribution in [-0.2, 0) is 0 Å². The van der Waals surface area contributed by atoms with Gasteiger partial charge in [0.2, 0.25) is 0 Å². The Hall–Kier alpha value is -1.86. The first-order chi connectivity index (χ1) is 14.6. The van der Waals surface area contributed by atoms with Crippen molar-refractivity contribution in [2.24, 2.45) is 0 Å². The van der Waals surface area contributed by atoms with Gasteiger partial charge in [-0.25, -0.2) is 0 Å². The molecule has 0 N–H and O–H groups in total. The molecule has 152 valence electrons.